The van der Waals surface area contributed by atoms with Crippen molar-refractivity contribution in [3.8, 4) is 23.1 Å². The molecule has 2 saturated carbocycles. The maximum atomic E-state index is 13.3. The number of sulfone groups is 1. The van der Waals surface area contributed by atoms with Gasteiger partial charge in [0.05, 0.1) is 32.7 Å². The smallest absolute Gasteiger partial charge is 0.202 e. The van der Waals surface area contributed by atoms with E-state index in [9.17, 15) is 13.2 Å². The van der Waals surface area contributed by atoms with Crippen molar-refractivity contribution in [2.24, 2.45) is 0 Å². The van der Waals surface area contributed by atoms with Crippen molar-refractivity contribution in [2.75, 3.05) is 5.75 Å². The summed E-state index contributed by atoms with van der Waals surface area (Å²) in [6.45, 7) is 3.37. The van der Waals surface area contributed by atoms with Gasteiger partial charge in [-0.15, -0.1) is 5.92 Å². The highest BCUT2D eigenvalue weighted by Crippen LogP contribution is 2.48. The minimum atomic E-state index is -3.62. The molecule has 1 aromatic carbocycles. The zero-order valence-electron chi connectivity index (χ0n) is 17.6. The number of fused-ring (bicyclic) bond motifs is 1. The number of benzene rings is 1. The number of hydrogen-bond donors (Lipinski definition) is 0. The van der Waals surface area contributed by atoms with E-state index in [1.807, 2.05) is 12.1 Å². The topological polar surface area (TPSA) is 77.2 Å². The van der Waals surface area contributed by atoms with E-state index in [-0.39, 0.29) is 32.7 Å². The lowest BCUT2D eigenvalue weighted by molar-refractivity contribution is 0.596. The minimum absolute atomic E-state index is 0.0675. The van der Waals surface area contributed by atoms with Gasteiger partial charge in [-0.1, -0.05) is 18.9 Å². The molecule has 0 amide bonds. The van der Waals surface area contributed by atoms with Crippen LogP contribution < -0.4 is 5.43 Å². The Hall–Kier alpha value is -2.91. The van der Waals surface area contributed by atoms with E-state index in [2.05, 4.69) is 16.8 Å². The molecule has 2 fully saturated rings. The summed E-state index contributed by atoms with van der Waals surface area (Å²) in [5.41, 5.74) is 2.19. The maximum Gasteiger partial charge on any atom is 0.202 e. The molecule has 2 heterocycles. The van der Waals surface area contributed by atoms with Crippen molar-refractivity contribution in [1.29, 1.82) is 0 Å². The first-order chi connectivity index (χ1) is 14.9. The number of nitrogens with zero attached hydrogens (tertiary/aromatic N) is 1. The first-order valence-corrected chi connectivity index (χ1v) is 12.3. The van der Waals surface area contributed by atoms with E-state index in [1.165, 1.54) is 11.8 Å². The molecule has 0 atom stereocenters. The van der Waals surface area contributed by atoms with Gasteiger partial charge >= 0.3 is 0 Å². The molecule has 0 bridgehead atoms. The lowest BCUT2D eigenvalue weighted by Crippen LogP contribution is -2.14. The van der Waals surface area contributed by atoms with Crippen molar-refractivity contribution in [3.63, 3.8) is 0 Å². The first-order valence-electron chi connectivity index (χ1n) is 10.6. The molecule has 0 radical (unpaired) electrons. The summed E-state index contributed by atoms with van der Waals surface area (Å²) < 4.78 is 31.7. The lowest BCUT2D eigenvalue weighted by Gasteiger charge is -2.14. The van der Waals surface area contributed by atoms with Gasteiger partial charge in [0.25, 0.3) is 0 Å². The molecule has 2 aliphatic rings. The van der Waals surface area contributed by atoms with Crippen molar-refractivity contribution < 1.29 is 12.8 Å². The number of hydrogen-bond acceptors (Lipinski definition) is 5. The highest BCUT2D eigenvalue weighted by molar-refractivity contribution is 7.91. The molecule has 0 spiro atoms. The van der Waals surface area contributed by atoms with Gasteiger partial charge in [0.15, 0.2) is 9.84 Å². The molecule has 6 heteroatoms. The Balaban J connectivity index is 1.69. The van der Waals surface area contributed by atoms with Crippen LogP contribution >= 0.6 is 0 Å². The molecule has 2 aromatic heterocycles. The molecule has 31 heavy (non-hydrogen) atoms. The van der Waals surface area contributed by atoms with Crippen LogP contribution in [0.4, 0.5) is 0 Å². The van der Waals surface area contributed by atoms with Crippen LogP contribution in [0, 0.1) is 11.8 Å². The first kappa shape index (κ1) is 20.0. The summed E-state index contributed by atoms with van der Waals surface area (Å²) in [4.78, 5) is 17.8. The van der Waals surface area contributed by atoms with Crippen LogP contribution in [0.25, 0.3) is 22.2 Å². The van der Waals surface area contributed by atoms with Crippen molar-refractivity contribution >= 4 is 20.8 Å². The fourth-order valence-corrected chi connectivity index (χ4v) is 5.21. The molecular formula is C25H23NO4S. The third-order valence-electron chi connectivity index (χ3n) is 6.34. The second-order valence-corrected chi connectivity index (χ2v) is 10.7. The van der Waals surface area contributed by atoms with Crippen LogP contribution in [-0.4, -0.2) is 19.2 Å². The summed E-state index contributed by atoms with van der Waals surface area (Å²) in [5.74, 6) is 6.60. The van der Waals surface area contributed by atoms with Crippen molar-refractivity contribution in [1.82, 2.24) is 4.98 Å². The van der Waals surface area contributed by atoms with Gasteiger partial charge in [-0.25, -0.2) is 8.42 Å². The number of aromatic nitrogens is 1. The highest BCUT2D eigenvalue weighted by Gasteiger charge is 2.44. The van der Waals surface area contributed by atoms with E-state index >= 15 is 0 Å². The molecule has 0 saturated heterocycles. The van der Waals surface area contributed by atoms with E-state index in [4.69, 9.17) is 4.42 Å². The third kappa shape index (κ3) is 3.37. The van der Waals surface area contributed by atoms with Crippen LogP contribution in [0.3, 0.4) is 0 Å². The molecule has 5 rings (SSSR count). The van der Waals surface area contributed by atoms with E-state index in [0.717, 1.165) is 31.2 Å². The van der Waals surface area contributed by atoms with Crippen molar-refractivity contribution in [3.05, 3.63) is 58.1 Å². The van der Waals surface area contributed by atoms with Gasteiger partial charge in [0, 0.05) is 6.20 Å². The minimum Gasteiger partial charge on any atom is -0.463 e. The predicted molar refractivity (Wildman–Crippen MR) is 120 cm³/mol. The summed E-state index contributed by atoms with van der Waals surface area (Å²) in [5, 5.41) is 0.433. The highest BCUT2D eigenvalue weighted by atomic mass is 32.2. The van der Waals surface area contributed by atoms with Crippen LogP contribution in [0.1, 0.15) is 56.6 Å². The lowest BCUT2D eigenvalue weighted by atomic mass is 9.97. The summed E-state index contributed by atoms with van der Waals surface area (Å²) >= 11 is 0. The molecule has 0 unspecified atom stereocenters. The zero-order valence-corrected chi connectivity index (χ0v) is 18.4. The predicted octanol–water partition coefficient (Wildman–Crippen LogP) is 4.58. The Morgan fingerprint density at radius 1 is 1.23 bits per heavy atom. The van der Waals surface area contributed by atoms with Crippen LogP contribution in [0.15, 0.2) is 50.8 Å². The monoisotopic (exact) mass is 433 g/mol. The Labute approximate surface area is 181 Å². The average molecular weight is 434 g/mol. The SMILES string of the molecule is CC#CC1(c2cnc(-c3coc4cc(C5CC5)ccc4c3=O)c(S(=O)(=O)CC)c2)CC1. The normalized spacial score (nSPS) is 17.2. The van der Waals surface area contributed by atoms with Gasteiger partial charge < -0.3 is 4.42 Å². The van der Waals surface area contributed by atoms with E-state index in [0.29, 0.717) is 16.9 Å². The van der Waals surface area contributed by atoms with Crippen molar-refractivity contribution in [2.45, 2.75) is 55.8 Å². The maximum absolute atomic E-state index is 13.3. The second-order valence-electron chi connectivity index (χ2n) is 8.44. The quantitative estimate of drug-likeness (QED) is 0.551. The Kier molecular flexibility index (Phi) is 4.56. The molecule has 0 aliphatic heterocycles. The molecule has 3 aromatic rings. The Morgan fingerprint density at radius 3 is 2.65 bits per heavy atom. The Morgan fingerprint density at radius 2 is 2.00 bits per heavy atom. The standard InChI is InChI=1S/C25H23NO4S/c1-3-9-25(10-11-25)18-13-22(31(28,29)4-2)23(26-14-18)20-15-30-21-12-17(16-5-6-16)7-8-19(21)24(20)27/h7-8,12-16H,4-6,10-11H2,1-2H3. The van der Waals surface area contributed by atoms with E-state index in [1.54, 1.807) is 32.2 Å². The van der Waals surface area contributed by atoms with Gasteiger partial charge in [-0.05, 0) is 67.9 Å². The largest absolute Gasteiger partial charge is 0.463 e. The summed E-state index contributed by atoms with van der Waals surface area (Å²) in [7, 11) is -3.62. The fraction of sp³-hybridized carbons (Fsp3) is 0.360. The van der Waals surface area contributed by atoms with Gasteiger partial charge in [-0.3, -0.25) is 9.78 Å². The Bertz CT molecular complexity index is 1430. The number of rotatable bonds is 5. The number of pyridine rings is 1. The van der Waals surface area contributed by atoms with Crippen LogP contribution in [0.5, 0.6) is 0 Å². The fourth-order valence-electron chi connectivity index (χ4n) is 4.13. The third-order valence-corrected chi connectivity index (χ3v) is 8.08. The zero-order chi connectivity index (χ0) is 21.8. The molecule has 158 valence electrons. The van der Waals surface area contributed by atoms with Crippen LogP contribution in [0.2, 0.25) is 0 Å². The molecule has 2 aliphatic carbocycles. The summed E-state index contributed by atoms with van der Waals surface area (Å²) in [6, 6.07) is 7.30. The van der Waals surface area contributed by atoms with Gasteiger partial charge in [0.1, 0.15) is 11.8 Å². The van der Waals surface area contributed by atoms with Crippen LogP contribution in [-0.2, 0) is 15.3 Å². The average Bonchev–Trinajstić information content (AvgIpc) is 3.69. The molecule has 0 N–H and O–H groups in total. The van der Waals surface area contributed by atoms with E-state index < -0.39 is 9.84 Å². The van der Waals surface area contributed by atoms with Gasteiger partial charge in [-0.2, -0.15) is 0 Å². The summed E-state index contributed by atoms with van der Waals surface area (Å²) in [6.07, 6.45) is 7.07. The second kappa shape index (κ2) is 7.06. The van der Waals surface area contributed by atoms with Gasteiger partial charge in [0.2, 0.25) is 5.43 Å². The molecular weight excluding hydrogens is 410 g/mol. The molecule has 5 nitrogen and oxygen atoms in total.